The van der Waals surface area contributed by atoms with Gasteiger partial charge in [0, 0.05) is 28.5 Å². The molecule has 0 saturated carbocycles. The first-order valence-electron chi connectivity index (χ1n) is 13.4. The Morgan fingerprint density at radius 2 is 1.58 bits per heavy atom. The van der Waals surface area contributed by atoms with Crippen LogP contribution in [0.25, 0.3) is 50.4 Å². The molecule has 0 spiro atoms. The fraction of sp³-hybridized carbons (Fsp3) is 0.286. The Morgan fingerprint density at radius 1 is 0.868 bits per heavy atom. The van der Waals surface area contributed by atoms with Crippen molar-refractivity contribution in [1.29, 1.82) is 0 Å². The van der Waals surface area contributed by atoms with Gasteiger partial charge in [0.25, 0.3) is 0 Å². The van der Waals surface area contributed by atoms with E-state index in [1.54, 1.807) is 6.08 Å². The van der Waals surface area contributed by atoms with Crippen molar-refractivity contribution >= 4 is 28.0 Å². The summed E-state index contributed by atoms with van der Waals surface area (Å²) in [6.07, 6.45) is 5.88. The standard InChI is InChI=1S/C35H35FNO/c1-8-22-19-25-24-14-12-21(2)29(28-11-9-10-18-37(28)7)32(24)38-33(25)30(31(22)36)23-13-15-26-27(20-23)35(5,6)17-16-34(26,3)4/h8-15,18-20H,1,16-17H2,2-7H3/q+1. The molecule has 0 fully saturated rings. The zero-order valence-corrected chi connectivity index (χ0v) is 23.2. The van der Waals surface area contributed by atoms with Crippen LogP contribution in [0.4, 0.5) is 4.39 Å². The van der Waals surface area contributed by atoms with Gasteiger partial charge in [-0.25, -0.2) is 8.96 Å². The van der Waals surface area contributed by atoms with E-state index in [0.29, 0.717) is 16.7 Å². The molecule has 3 aromatic carbocycles. The van der Waals surface area contributed by atoms with E-state index in [1.165, 1.54) is 11.1 Å². The molecule has 2 heterocycles. The number of hydrogen-bond donors (Lipinski definition) is 0. The van der Waals surface area contributed by atoms with Gasteiger partial charge in [0.1, 0.15) is 24.0 Å². The number of hydrogen-bond acceptors (Lipinski definition) is 1. The van der Waals surface area contributed by atoms with Crippen LogP contribution in [0.2, 0.25) is 0 Å². The van der Waals surface area contributed by atoms with Gasteiger partial charge in [-0.15, -0.1) is 0 Å². The van der Waals surface area contributed by atoms with Crippen LogP contribution in [0.3, 0.4) is 0 Å². The Morgan fingerprint density at radius 3 is 2.29 bits per heavy atom. The summed E-state index contributed by atoms with van der Waals surface area (Å²) in [4.78, 5) is 0. The lowest BCUT2D eigenvalue weighted by atomic mass is 9.63. The Hall–Kier alpha value is -3.72. The first-order valence-corrected chi connectivity index (χ1v) is 13.4. The topological polar surface area (TPSA) is 17.0 Å². The maximum absolute atomic E-state index is 16.2. The van der Waals surface area contributed by atoms with Gasteiger partial charge in [0.05, 0.1) is 11.1 Å². The fourth-order valence-electron chi connectivity index (χ4n) is 6.32. The number of aryl methyl sites for hydroxylation is 2. The van der Waals surface area contributed by atoms with Crippen molar-refractivity contribution in [2.45, 2.75) is 58.3 Å². The number of pyridine rings is 1. The molecule has 0 unspecified atom stereocenters. The molecule has 6 rings (SSSR count). The average Bonchev–Trinajstić information content (AvgIpc) is 3.24. The number of aromatic nitrogens is 1. The lowest BCUT2D eigenvalue weighted by Crippen LogP contribution is -2.33. The molecule has 0 N–H and O–H groups in total. The Bertz CT molecular complexity index is 1770. The molecule has 1 aliphatic rings. The minimum Gasteiger partial charge on any atom is -0.454 e. The summed E-state index contributed by atoms with van der Waals surface area (Å²) in [7, 11) is 2.04. The highest BCUT2D eigenvalue weighted by Gasteiger charge is 2.37. The number of rotatable bonds is 3. The molecule has 192 valence electrons. The lowest BCUT2D eigenvalue weighted by Gasteiger charge is -2.42. The zero-order valence-electron chi connectivity index (χ0n) is 23.2. The quantitative estimate of drug-likeness (QED) is 0.224. The summed E-state index contributed by atoms with van der Waals surface area (Å²) in [5.74, 6) is -0.289. The first-order chi connectivity index (χ1) is 18.0. The fourth-order valence-corrected chi connectivity index (χ4v) is 6.32. The smallest absolute Gasteiger partial charge is 0.216 e. The molecule has 3 heteroatoms. The normalized spacial score (nSPS) is 16.1. The summed E-state index contributed by atoms with van der Waals surface area (Å²) in [6, 6.07) is 18.7. The van der Waals surface area contributed by atoms with E-state index in [9.17, 15) is 0 Å². The van der Waals surface area contributed by atoms with E-state index >= 15 is 4.39 Å². The Balaban J connectivity index is 1.71. The highest BCUT2D eigenvalue weighted by molar-refractivity contribution is 6.14. The van der Waals surface area contributed by atoms with Crippen LogP contribution in [0.5, 0.6) is 0 Å². The van der Waals surface area contributed by atoms with Crippen molar-refractivity contribution in [2.24, 2.45) is 7.05 Å². The highest BCUT2D eigenvalue weighted by atomic mass is 19.1. The summed E-state index contributed by atoms with van der Waals surface area (Å²) >= 11 is 0. The minimum absolute atomic E-state index is 0.0206. The average molecular weight is 505 g/mol. The number of fused-ring (bicyclic) bond motifs is 4. The van der Waals surface area contributed by atoms with Crippen LogP contribution >= 0.6 is 0 Å². The van der Waals surface area contributed by atoms with Crippen LogP contribution in [0.1, 0.15) is 62.8 Å². The van der Waals surface area contributed by atoms with Gasteiger partial charge in [0.2, 0.25) is 5.69 Å². The predicted octanol–water partition coefficient (Wildman–Crippen LogP) is 9.18. The van der Waals surface area contributed by atoms with E-state index < -0.39 is 0 Å². The monoisotopic (exact) mass is 504 g/mol. The van der Waals surface area contributed by atoms with Gasteiger partial charge >= 0.3 is 0 Å². The second-order valence-electron chi connectivity index (χ2n) is 12.2. The molecule has 0 aliphatic heterocycles. The summed E-state index contributed by atoms with van der Waals surface area (Å²) < 4.78 is 25.0. The third kappa shape index (κ3) is 3.55. The molecule has 0 radical (unpaired) electrons. The molecule has 2 aromatic heterocycles. The van der Waals surface area contributed by atoms with Crippen molar-refractivity contribution < 1.29 is 13.4 Å². The largest absolute Gasteiger partial charge is 0.454 e. The summed E-state index contributed by atoms with van der Waals surface area (Å²) in [5.41, 5.74) is 9.18. The molecule has 0 bridgehead atoms. The Kier molecular flexibility index (Phi) is 5.43. The van der Waals surface area contributed by atoms with E-state index in [2.05, 4.69) is 82.2 Å². The minimum atomic E-state index is -0.289. The third-order valence-corrected chi connectivity index (χ3v) is 8.78. The maximum Gasteiger partial charge on any atom is 0.216 e. The highest BCUT2D eigenvalue weighted by Crippen LogP contribution is 2.48. The molecule has 38 heavy (non-hydrogen) atoms. The molecule has 0 amide bonds. The van der Waals surface area contributed by atoms with Crippen LogP contribution in [-0.2, 0) is 17.9 Å². The number of nitrogens with zero attached hydrogens (tertiary/aromatic N) is 1. The van der Waals surface area contributed by atoms with Gasteiger partial charge in [-0.1, -0.05) is 70.7 Å². The van der Waals surface area contributed by atoms with Gasteiger partial charge in [-0.05, 0) is 65.0 Å². The lowest BCUT2D eigenvalue weighted by molar-refractivity contribution is -0.660. The second-order valence-corrected chi connectivity index (χ2v) is 12.2. The van der Waals surface area contributed by atoms with Crippen molar-refractivity contribution in [3.63, 3.8) is 0 Å². The Labute approximate surface area is 224 Å². The van der Waals surface area contributed by atoms with Gasteiger partial charge in [-0.3, -0.25) is 0 Å². The SMILES string of the molecule is C=Cc1cc2c(oc3c(-c4cccc[n+]4C)c(C)ccc32)c(-c2ccc3c(c2)C(C)(C)CCC3(C)C)c1F. The molecule has 0 saturated heterocycles. The summed E-state index contributed by atoms with van der Waals surface area (Å²) in [5, 5.41) is 1.89. The van der Waals surface area contributed by atoms with E-state index in [-0.39, 0.29) is 16.6 Å². The molecule has 5 aromatic rings. The second kappa shape index (κ2) is 8.39. The number of benzene rings is 3. The maximum atomic E-state index is 16.2. The van der Waals surface area contributed by atoms with E-state index in [1.807, 2.05) is 31.4 Å². The van der Waals surface area contributed by atoms with Crippen molar-refractivity contribution in [3.05, 3.63) is 95.4 Å². The molecule has 2 nitrogen and oxygen atoms in total. The van der Waals surface area contributed by atoms with Crippen LogP contribution < -0.4 is 4.57 Å². The van der Waals surface area contributed by atoms with E-state index in [0.717, 1.165) is 51.6 Å². The molecule has 0 atom stereocenters. The van der Waals surface area contributed by atoms with Gasteiger partial charge < -0.3 is 4.42 Å². The number of furan rings is 1. The number of halogens is 1. The van der Waals surface area contributed by atoms with Gasteiger partial charge in [-0.2, -0.15) is 0 Å². The van der Waals surface area contributed by atoms with Crippen LogP contribution in [0.15, 0.2) is 71.8 Å². The first kappa shape index (κ1) is 24.6. The third-order valence-electron chi connectivity index (χ3n) is 8.78. The molecular weight excluding hydrogens is 469 g/mol. The van der Waals surface area contributed by atoms with E-state index in [4.69, 9.17) is 4.42 Å². The molecule has 1 aliphatic carbocycles. The van der Waals surface area contributed by atoms with Crippen molar-refractivity contribution in [1.82, 2.24) is 0 Å². The van der Waals surface area contributed by atoms with Crippen molar-refractivity contribution in [2.75, 3.05) is 0 Å². The zero-order chi connectivity index (χ0) is 27.0. The van der Waals surface area contributed by atoms with Crippen LogP contribution in [-0.4, -0.2) is 0 Å². The molecular formula is C35H35FNO+. The van der Waals surface area contributed by atoms with Gasteiger partial charge in [0.15, 0.2) is 6.20 Å². The van der Waals surface area contributed by atoms with Crippen LogP contribution in [0, 0.1) is 12.7 Å². The van der Waals surface area contributed by atoms with Crippen molar-refractivity contribution in [3.8, 4) is 22.4 Å². The summed E-state index contributed by atoms with van der Waals surface area (Å²) in [6.45, 7) is 15.2. The predicted molar refractivity (Wildman–Crippen MR) is 156 cm³/mol.